The van der Waals surface area contributed by atoms with E-state index in [1.165, 1.54) is 37.9 Å². The lowest BCUT2D eigenvalue weighted by molar-refractivity contribution is 0.0741. The number of likely N-dealkylation sites (tertiary alicyclic amines) is 1. The Bertz CT molecular complexity index is 1250. The number of piperidine rings is 1. The highest BCUT2D eigenvalue weighted by molar-refractivity contribution is 5.95. The molecule has 2 aromatic heterocycles. The number of fused-ring (bicyclic) bond motifs is 1. The summed E-state index contributed by atoms with van der Waals surface area (Å²) in [7, 11) is 0. The molecule has 0 unspecified atom stereocenters. The van der Waals surface area contributed by atoms with Crippen LogP contribution in [0.1, 0.15) is 94.6 Å². The van der Waals surface area contributed by atoms with Crippen molar-refractivity contribution in [1.29, 1.82) is 0 Å². The zero-order valence-electron chi connectivity index (χ0n) is 25.6. The number of hydrogen-bond acceptors (Lipinski definition) is 3. The number of benzene rings is 1. The predicted molar refractivity (Wildman–Crippen MR) is 169 cm³/mol. The molecule has 1 saturated heterocycles. The number of aryl methyl sites for hydroxylation is 1. The number of pyridine rings is 1. The average molecular weight is 543 g/mol. The molecular weight excluding hydrogens is 492 g/mol. The molecular formula is C35H50N4O. The second-order valence-corrected chi connectivity index (χ2v) is 12.6. The Morgan fingerprint density at radius 3 is 2.20 bits per heavy atom. The molecule has 1 aliphatic rings. The summed E-state index contributed by atoms with van der Waals surface area (Å²) in [6.07, 6.45) is 10.0. The van der Waals surface area contributed by atoms with Gasteiger partial charge in [-0.3, -0.25) is 4.79 Å². The van der Waals surface area contributed by atoms with Crippen molar-refractivity contribution in [2.24, 2.45) is 11.8 Å². The van der Waals surface area contributed by atoms with Crippen molar-refractivity contribution in [2.75, 3.05) is 32.7 Å². The minimum Gasteiger partial charge on any atom is -0.339 e. The van der Waals surface area contributed by atoms with Crippen LogP contribution >= 0.6 is 0 Å². The van der Waals surface area contributed by atoms with Gasteiger partial charge in [0.2, 0.25) is 0 Å². The van der Waals surface area contributed by atoms with Crippen LogP contribution in [-0.4, -0.2) is 58.0 Å². The van der Waals surface area contributed by atoms with Gasteiger partial charge in [0.15, 0.2) is 0 Å². The standard InChI is InChI=1S/C35H50N4O/c1-26(2)16-22-38(23-17-27(3)4)35(40)31-18-24-39-33(25-31)32(11-10-21-37-19-8-7-9-20-37)34(36-39)30-14-12-29(13-15-30)28(5)6/h12-15,18,24-27H,5,7-11,16-17,19-23H2,1-4,6H3. The summed E-state index contributed by atoms with van der Waals surface area (Å²) in [6, 6.07) is 12.6. The highest BCUT2D eigenvalue weighted by atomic mass is 16.2. The van der Waals surface area contributed by atoms with Crippen molar-refractivity contribution >= 4 is 17.0 Å². The first-order valence-corrected chi connectivity index (χ1v) is 15.5. The van der Waals surface area contributed by atoms with Gasteiger partial charge >= 0.3 is 0 Å². The van der Waals surface area contributed by atoms with Crippen molar-refractivity contribution < 1.29 is 4.79 Å². The number of carbonyl (C=O) groups excluding carboxylic acids is 1. The van der Waals surface area contributed by atoms with E-state index in [2.05, 4.69) is 74.4 Å². The normalized spacial score (nSPS) is 14.4. The lowest BCUT2D eigenvalue weighted by Crippen LogP contribution is -2.34. The highest BCUT2D eigenvalue weighted by Gasteiger charge is 2.21. The number of aromatic nitrogens is 2. The number of amides is 1. The lowest BCUT2D eigenvalue weighted by Gasteiger charge is -2.26. The molecule has 1 fully saturated rings. The Morgan fingerprint density at radius 2 is 1.60 bits per heavy atom. The molecule has 3 aromatic rings. The minimum atomic E-state index is 0.136. The Labute approximate surface area is 242 Å². The number of nitrogens with zero attached hydrogens (tertiary/aromatic N) is 4. The SMILES string of the molecule is C=C(C)c1ccc(-c2nn3ccc(C(=O)N(CCC(C)C)CCC(C)C)cc3c2CCCN2CCCCC2)cc1. The maximum absolute atomic E-state index is 13.8. The molecule has 1 aliphatic heterocycles. The van der Waals surface area contributed by atoms with E-state index in [1.54, 1.807) is 0 Å². The van der Waals surface area contributed by atoms with Crippen molar-refractivity contribution in [2.45, 2.75) is 79.6 Å². The van der Waals surface area contributed by atoms with Crippen molar-refractivity contribution in [3.8, 4) is 11.3 Å². The monoisotopic (exact) mass is 542 g/mol. The van der Waals surface area contributed by atoms with Gasteiger partial charge in [-0.05, 0) is 94.6 Å². The molecule has 1 amide bonds. The maximum atomic E-state index is 13.8. The summed E-state index contributed by atoms with van der Waals surface area (Å²) in [6.45, 7) is 20.2. The van der Waals surface area contributed by atoms with Crippen LogP contribution in [0.15, 0.2) is 49.2 Å². The third-order valence-electron chi connectivity index (χ3n) is 8.22. The molecule has 216 valence electrons. The van der Waals surface area contributed by atoms with E-state index in [4.69, 9.17) is 5.10 Å². The van der Waals surface area contributed by atoms with Crippen LogP contribution in [0.5, 0.6) is 0 Å². The predicted octanol–water partition coefficient (Wildman–Crippen LogP) is 7.99. The van der Waals surface area contributed by atoms with Crippen LogP contribution < -0.4 is 0 Å². The quantitative estimate of drug-likeness (QED) is 0.220. The third kappa shape index (κ3) is 7.84. The molecule has 0 N–H and O–H groups in total. The number of allylic oxidation sites excluding steroid dienone is 1. The van der Waals surface area contributed by atoms with Crippen LogP contribution in [0.2, 0.25) is 0 Å². The first-order chi connectivity index (χ1) is 19.2. The molecule has 0 spiro atoms. The molecule has 5 heteroatoms. The fraction of sp³-hybridized carbons (Fsp3) is 0.543. The van der Waals surface area contributed by atoms with E-state index >= 15 is 0 Å². The molecule has 0 aliphatic carbocycles. The third-order valence-corrected chi connectivity index (χ3v) is 8.22. The van der Waals surface area contributed by atoms with Crippen LogP contribution in [0, 0.1) is 11.8 Å². The van der Waals surface area contributed by atoms with Gasteiger partial charge in [-0.15, -0.1) is 0 Å². The van der Waals surface area contributed by atoms with Crippen LogP contribution in [-0.2, 0) is 6.42 Å². The molecule has 1 aromatic carbocycles. The van der Waals surface area contributed by atoms with Gasteiger partial charge in [0, 0.05) is 36.0 Å². The second-order valence-electron chi connectivity index (χ2n) is 12.6. The van der Waals surface area contributed by atoms with E-state index < -0.39 is 0 Å². The molecule has 0 atom stereocenters. The second kappa shape index (κ2) is 14.1. The van der Waals surface area contributed by atoms with E-state index in [1.807, 2.05) is 23.7 Å². The molecule has 40 heavy (non-hydrogen) atoms. The van der Waals surface area contributed by atoms with Crippen LogP contribution in [0.3, 0.4) is 0 Å². The van der Waals surface area contributed by atoms with Crippen LogP contribution in [0.25, 0.3) is 22.3 Å². The summed E-state index contributed by atoms with van der Waals surface area (Å²) in [5.41, 5.74) is 7.40. The largest absolute Gasteiger partial charge is 0.339 e. The van der Waals surface area contributed by atoms with Gasteiger partial charge in [0.1, 0.15) is 0 Å². The summed E-state index contributed by atoms with van der Waals surface area (Å²) >= 11 is 0. The average Bonchev–Trinajstić information content (AvgIpc) is 3.31. The molecule has 3 heterocycles. The smallest absolute Gasteiger partial charge is 0.253 e. The molecule has 0 bridgehead atoms. The summed E-state index contributed by atoms with van der Waals surface area (Å²) in [5.74, 6) is 1.27. The Hall–Kier alpha value is -2.92. The summed E-state index contributed by atoms with van der Waals surface area (Å²) in [4.78, 5) is 18.5. The summed E-state index contributed by atoms with van der Waals surface area (Å²) < 4.78 is 1.97. The maximum Gasteiger partial charge on any atom is 0.253 e. The zero-order valence-corrected chi connectivity index (χ0v) is 25.6. The summed E-state index contributed by atoms with van der Waals surface area (Å²) in [5, 5.41) is 5.04. The number of hydrogen-bond donors (Lipinski definition) is 0. The number of rotatable bonds is 13. The van der Waals surface area contributed by atoms with Crippen LogP contribution in [0.4, 0.5) is 0 Å². The van der Waals surface area contributed by atoms with Gasteiger partial charge in [-0.25, -0.2) is 4.52 Å². The van der Waals surface area contributed by atoms with E-state index in [0.29, 0.717) is 11.8 Å². The highest BCUT2D eigenvalue weighted by Crippen LogP contribution is 2.30. The van der Waals surface area contributed by atoms with E-state index in [0.717, 1.165) is 78.8 Å². The van der Waals surface area contributed by atoms with Gasteiger partial charge in [0.25, 0.3) is 5.91 Å². The topological polar surface area (TPSA) is 40.9 Å². The molecule has 5 nitrogen and oxygen atoms in total. The zero-order chi connectivity index (χ0) is 28.6. The minimum absolute atomic E-state index is 0.136. The fourth-order valence-corrected chi connectivity index (χ4v) is 5.61. The van der Waals surface area contributed by atoms with Gasteiger partial charge < -0.3 is 9.80 Å². The van der Waals surface area contributed by atoms with Crippen molar-refractivity contribution in [3.05, 3.63) is 65.9 Å². The van der Waals surface area contributed by atoms with Gasteiger partial charge in [-0.2, -0.15) is 5.10 Å². The first-order valence-electron chi connectivity index (χ1n) is 15.5. The molecule has 0 radical (unpaired) electrons. The van der Waals surface area contributed by atoms with E-state index in [9.17, 15) is 4.79 Å². The molecule has 0 saturated carbocycles. The fourth-order valence-electron chi connectivity index (χ4n) is 5.61. The van der Waals surface area contributed by atoms with E-state index in [-0.39, 0.29) is 5.91 Å². The van der Waals surface area contributed by atoms with Gasteiger partial charge in [-0.1, -0.05) is 70.5 Å². The Kier molecular flexibility index (Phi) is 10.6. The lowest BCUT2D eigenvalue weighted by atomic mass is 9.99. The molecule has 4 rings (SSSR count). The van der Waals surface area contributed by atoms with Gasteiger partial charge in [0.05, 0.1) is 11.2 Å². The Balaban J connectivity index is 1.66. The first kappa shape index (κ1) is 30.0. The number of carbonyl (C=O) groups is 1. The Morgan fingerprint density at radius 1 is 0.950 bits per heavy atom. The van der Waals surface area contributed by atoms with Crippen molar-refractivity contribution in [1.82, 2.24) is 19.4 Å². The van der Waals surface area contributed by atoms with Crippen molar-refractivity contribution in [3.63, 3.8) is 0 Å².